The van der Waals surface area contributed by atoms with E-state index in [0.29, 0.717) is 33.4 Å². The molecule has 13 heteroatoms. The summed E-state index contributed by atoms with van der Waals surface area (Å²) in [5.74, 6) is -0.606. The number of aromatic carboxylic acids is 1. The minimum atomic E-state index is -1.09. The second kappa shape index (κ2) is 15.3. The quantitative estimate of drug-likeness (QED) is 0.0848. The second-order valence-electron chi connectivity index (χ2n) is 12.3. The van der Waals surface area contributed by atoms with Crippen molar-refractivity contribution in [2.45, 2.75) is 43.9 Å². The molecule has 2 bridgehead atoms. The molecule has 7 rings (SSSR count). The van der Waals surface area contributed by atoms with E-state index in [1.54, 1.807) is 19.2 Å². The summed E-state index contributed by atoms with van der Waals surface area (Å²) >= 11 is 14.2. The first kappa shape index (κ1) is 35.0. The Morgan fingerprint density at radius 1 is 1.00 bits per heavy atom. The molecule has 1 unspecified atom stereocenters. The molecular weight excluding hydrogens is 689 g/mol. The smallest absolute Gasteiger partial charge is 0.346 e. The Labute approximate surface area is 298 Å². The van der Waals surface area contributed by atoms with Crippen LogP contribution in [0.15, 0.2) is 67.0 Å². The van der Waals surface area contributed by atoms with E-state index in [-0.39, 0.29) is 40.0 Å². The SMILES string of the molecule is COc1ccc([C@@H](Cc2c(Cl)c[n+](O)cc2Cl)c2cc(CNC(C(=O)O[C@H]3CN4CCC3CC4)c3ccccc3)sc2C(=O)O)cc1OC. The molecule has 2 aromatic heterocycles. The molecule has 0 saturated carbocycles. The number of pyridine rings is 1. The molecule has 3 saturated heterocycles. The average molecular weight is 728 g/mol. The largest absolute Gasteiger partial charge is 0.493 e. The van der Waals surface area contributed by atoms with Gasteiger partial charge >= 0.3 is 11.9 Å². The van der Waals surface area contributed by atoms with Crippen molar-refractivity contribution in [1.29, 1.82) is 0 Å². The predicted molar refractivity (Wildman–Crippen MR) is 185 cm³/mol. The number of carboxylic acid groups (broad SMARTS) is 1. The molecule has 0 radical (unpaired) electrons. The maximum atomic E-state index is 13.7. The molecule has 3 aliphatic rings. The number of piperidine rings is 3. The van der Waals surface area contributed by atoms with Crippen LogP contribution in [0.1, 0.15) is 61.6 Å². The number of carbonyl (C=O) groups excluding carboxylic acids is 1. The third-order valence-electron chi connectivity index (χ3n) is 9.38. The lowest BCUT2D eigenvalue weighted by Crippen LogP contribution is -2.52. The molecule has 3 fully saturated rings. The van der Waals surface area contributed by atoms with Crippen LogP contribution < -0.4 is 19.5 Å². The molecule has 3 atom stereocenters. The lowest BCUT2D eigenvalue weighted by atomic mass is 9.85. The Balaban J connectivity index is 1.33. The maximum absolute atomic E-state index is 13.7. The van der Waals surface area contributed by atoms with Crippen LogP contribution in [0.3, 0.4) is 0 Å². The molecule has 10 nitrogen and oxygen atoms in total. The van der Waals surface area contributed by atoms with Gasteiger partial charge in [-0.2, -0.15) is 0 Å². The van der Waals surface area contributed by atoms with Crippen LogP contribution in [-0.2, 0) is 22.5 Å². The Morgan fingerprint density at radius 2 is 1.69 bits per heavy atom. The number of ether oxygens (including phenoxy) is 3. The highest BCUT2D eigenvalue weighted by atomic mass is 35.5. The van der Waals surface area contributed by atoms with Gasteiger partial charge in [-0.05, 0) is 73.2 Å². The number of carboxylic acids is 1. The van der Waals surface area contributed by atoms with Crippen LogP contribution in [0.4, 0.5) is 0 Å². The molecule has 0 aliphatic carbocycles. The zero-order chi connectivity index (χ0) is 34.7. The topological polar surface area (TPSA) is 121 Å². The standard InChI is InChI=1S/C36H37Cl2N3O7S/c1-46-30-9-8-23(14-31(30)47-2)25(16-27-28(37)18-41(45)19-29(27)38)26-15-24(49-34(26)35(42)43)17-39-33(22-6-4-3-5-7-22)36(44)48-32-20-40-12-10-21(32)11-13-40/h3-9,14-15,18-19,21,25,32-33,39H,10-13,16-17,20H2,1-2H3,(H-,42,43,45)/p+1/t25-,32+,33?/m1/s1. The van der Waals surface area contributed by atoms with Gasteiger partial charge in [0, 0.05) is 34.2 Å². The summed E-state index contributed by atoms with van der Waals surface area (Å²) in [5.41, 5.74) is 2.59. The Kier molecular flexibility index (Phi) is 11.0. The summed E-state index contributed by atoms with van der Waals surface area (Å²) in [5, 5.41) is 24.2. The fourth-order valence-electron chi connectivity index (χ4n) is 6.83. The van der Waals surface area contributed by atoms with E-state index in [4.69, 9.17) is 37.4 Å². The molecule has 3 aliphatic heterocycles. The van der Waals surface area contributed by atoms with Crippen molar-refractivity contribution in [3.8, 4) is 11.5 Å². The molecule has 49 heavy (non-hydrogen) atoms. The number of nitrogens with zero attached hydrogens (tertiary/aromatic N) is 2. The summed E-state index contributed by atoms with van der Waals surface area (Å²) in [4.78, 5) is 29.7. The number of aromatic nitrogens is 1. The van der Waals surface area contributed by atoms with Crippen LogP contribution >= 0.6 is 34.5 Å². The normalized spacial score (nSPS) is 19.6. The van der Waals surface area contributed by atoms with Crippen molar-refractivity contribution in [1.82, 2.24) is 10.2 Å². The van der Waals surface area contributed by atoms with Gasteiger partial charge in [0.2, 0.25) is 12.4 Å². The Morgan fingerprint density at radius 3 is 2.31 bits per heavy atom. The summed E-state index contributed by atoms with van der Waals surface area (Å²) < 4.78 is 17.9. The van der Waals surface area contributed by atoms with Gasteiger partial charge in [0.25, 0.3) is 0 Å². The minimum absolute atomic E-state index is 0.142. The van der Waals surface area contributed by atoms with Crippen molar-refractivity contribution in [2.24, 2.45) is 5.92 Å². The zero-order valence-corrected chi connectivity index (χ0v) is 29.4. The van der Waals surface area contributed by atoms with E-state index in [1.807, 2.05) is 42.5 Å². The van der Waals surface area contributed by atoms with Crippen LogP contribution in [0.5, 0.6) is 11.5 Å². The average Bonchev–Trinajstić information content (AvgIpc) is 3.53. The van der Waals surface area contributed by atoms with Crippen LogP contribution in [-0.4, -0.2) is 67.1 Å². The van der Waals surface area contributed by atoms with E-state index in [2.05, 4.69) is 10.2 Å². The highest BCUT2D eigenvalue weighted by molar-refractivity contribution is 7.14. The van der Waals surface area contributed by atoms with Crippen molar-refractivity contribution in [2.75, 3.05) is 33.9 Å². The van der Waals surface area contributed by atoms with Crippen molar-refractivity contribution >= 4 is 46.5 Å². The first-order valence-corrected chi connectivity index (χ1v) is 17.6. The third-order valence-corrected chi connectivity index (χ3v) is 11.2. The highest BCUT2D eigenvalue weighted by Gasteiger charge is 2.38. The van der Waals surface area contributed by atoms with Gasteiger partial charge in [-0.25, -0.2) is 9.59 Å². The van der Waals surface area contributed by atoms with Gasteiger partial charge in [0.15, 0.2) is 11.5 Å². The maximum Gasteiger partial charge on any atom is 0.346 e. The van der Waals surface area contributed by atoms with Crippen LogP contribution in [0.2, 0.25) is 10.0 Å². The number of methoxy groups -OCH3 is 2. The molecule has 5 heterocycles. The number of hydrogen-bond acceptors (Lipinski definition) is 9. The molecule has 0 amide bonds. The van der Waals surface area contributed by atoms with Crippen molar-refractivity contribution in [3.05, 3.63) is 109 Å². The molecule has 258 valence electrons. The molecular formula is C36H38Cl2N3O7S+. The van der Waals surface area contributed by atoms with E-state index >= 15 is 0 Å². The summed E-state index contributed by atoms with van der Waals surface area (Å²) in [6.07, 6.45) is 4.78. The molecule has 2 aromatic carbocycles. The Hall–Kier alpha value is -3.87. The van der Waals surface area contributed by atoms with E-state index in [1.165, 1.54) is 19.5 Å². The minimum Gasteiger partial charge on any atom is -0.493 e. The number of thiophene rings is 1. The monoisotopic (exact) mass is 726 g/mol. The lowest BCUT2D eigenvalue weighted by molar-refractivity contribution is -0.904. The number of benzene rings is 2. The van der Waals surface area contributed by atoms with Crippen molar-refractivity contribution in [3.63, 3.8) is 0 Å². The third kappa shape index (κ3) is 7.81. The van der Waals surface area contributed by atoms with E-state index in [9.17, 15) is 19.9 Å². The van der Waals surface area contributed by atoms with E-state index in [0.717, 1.165) is 59.7 Å². The zero-order valence-electron chi connectivity index (χ0n) is 27.1. The second-order valence-corrected chi connectivity index (χ2v) is 14.3. The number of nitrogens with one attached hydrogen (secondary N) is 1. The first-order chi connectivity index (χ1) is 23.6. The summed E-state index contributed by atoms with van der Waals surface area (Å²) in [7, 11) is 3.07. The van der Waals surface area contributed by atoms with Gasteiger partial charge < -0.3 is 19.3 Å². The predicted octanol–water partition coefficient (Wildman–Crippen LogP) is 6.14. The van der Waals surface area contributed by atoms with Gasteiger partial charge in [-0.1, -0.05) is 59.6 Å². The number of hydrogen-bond donors (Lipinski definition) is 3. The van der Waals surface area contributed by atoms with Crippen LogP contribution in [0, 0.1) is 5.92 Å². The summed E-state index contributed by atoms with van der Waals surface area (Å²) in [6, 6.07) is 15.9. The molecule has 3 N–H and O–H groups in total. The highest BCUT2D eigenvalue weighted by Crippen LogP contribution is 2.41. The molecule has 0 spiro atoms. The number of halogens is 2. The van der Waals surface area contributed by atoms with Crippen LogP contribution in [0.25, 0.3) is 0 Å². The summed E-state index contributed by atoms with van der Waals surface area (Å²) in [6.45, 7) is 3.05. The number of rotatable bonds is 13. The van der Waals surface area contributed by atoms with Crippen molar-refractivity contribution < 1.29 is 38.8 Å². The van der Waals surface area contributed by atoms with Gasteiger partial charge in [-0.3, -0.25) is 15.4 Å². The molecule has 4 aromatic rings. The fourth-order valence-corrected chi connectivity index (χ4v) is 8.45. The van der Waals surface area contributed by atoms with Gasteiger partial charge in [-0.15, -0.1) is 11.3 Å². The first-order valence-electron chi connectivity index (χ1n) is 16.0. The number of esters is 1. The van der Waals surface area contributed by atoms with Gasteiger partial charge in [0.1, 0.15) is 27.1 Å². The fraction of sp³-hybridized carbons (Fsp3) is 0.361. The number of fused-ring (bicyclic) bond motifs is 3. The lowest BCUT2D eigenvalue weighted by Gasteiger charge is -2.44. The Bertz CT molecular complexity index is 1790. The van der Waals surface area contributed by atoms with Gasteiger partial charge in [0.05, 0.1) is 14.2 Å². The van der Waals surface area contributed by atoms with E-state index < -0.39 is 17.9 Å². The number of carbonyl (C=O) groups is 2.